The molecule has 0 spiro atoms. The van der Waals surface area contributed by atoms with Gasteiger partial charge in [-0.05, 0) is 25.8 Å². The zero-order chi connectivity index (χ0) is 9.80. The smallest absolute Gasteiger partial charge is 0.0959 e. The number of alkyl halides is 1. The summed E-state index contributed by atoms with van der Waals surface area (Å²) in [6.07, 6.45) is 5.17. The van der Waals surface area contributed by atoms with Gasteiger partial charge in [0.05, 0.1) is 11.7 Å². The first-order chi connectivity index (χ1) is 6.90. The van der Waals surface area contributed by atoms with Crippen molar-refractivity contribution in [1.82, 2.24) is 10.3 Å². The molecule has 0 aromatic carbocycles. The predicted molar refractivity (Wildman–Crippen MR) is 56.4 cm³/mol. The van der Waals surface area contributed by atoms with Gasteiger partial charge in [-0.2, -0.15) is 0 Å². The second-order valence-corrected chi connectivity index (χ2v) is 4.81. The van der Waals surface area contributed by atoms with Crippen LogP contribution in [0, 0.1) is 0 Å². The predicted octanol–water partition coefficient (Wildman–Crippen LogP) is 2.47. The van der Waals surface area contributed by atoms with Crippen LogP contribution < -0.4 is 5.32 Å². The molecule has 0 unspecified atom stereocenters. The number of nitrogens with zero attached hydrogens (tertiary/aromatic N) is 1. The summed E-state index contributed by atoms with van der Waals surface area (Å²) in [5.74, 6) is 0.750. The van der Waals surface area contributed by atoms with E-state index in [1.165, 1.54) is 22.7 Å². The van der Waals surface area contributed by atoms with E-state index in [-0.39, 0.29) is 6.67 Å². The summed E-state index contributed by atoms with van der Waals surface area (Å²) >= 11 is 1.79. The monoisotopic (exact) mass is 214 g/mol. The highest BCUT2D eigenvalue weighted by Gasteiger charge is 2.26. The molecule has 1 saturated carbocycles. The lowest BCUT2D eigenvalue weighted by Crippen LogP contribution is -2.14. The highest BCUT2D eigenvalue weighted by molar-refractivity contribution is 7.11. The Hall–Kier alpha value is -0.480. The fourth-order valence-corrected chi connectivity index (χ4v) is 2.38. The van der Waals surface area contributed by atoms with E-state index in [1.54, 1.807) is 11.3 Å². The number of halogens is 1. The van der Waals surface area contributed by atoms with Gasteiger partial charge < -0.3 is 5.32 Å². The molecule has 0 atom stereocenters. The van der Waals surface area contributed by atoms with Gasteiger partial charge in [-0.1, -0.05) is 0 Å². The minimum atomic E-state index is -0.233. The van der Waals surface area contributed by atoms with Gasteiger partial charge in [0.15, 0.2) is 0 Å². The van der Waals surface area contributed by atoms with E-state index in [1.807, 2.05) is 6.20 Å². The average Bonchev–Trinajstić information content (AvgIpc) is 2.94. The molecule has 0 radical (unpaired) electrons. The third-order valence-corrected chi connectivity index (χ3v) is 3.44. The van der Waals surface area contributed by atoms with Crippen LogP contribution in [-0.4, -0.2) is 18.2 Å². The van der Waals surface area contributed by atoms with Crippen LogP contribution in [0.1, 0.15) is 35.1 Å². The van der Waals surface area contributed by atoms with Crippen LogP contribution in [0.3, 0.4) is 0 Å². The van der Waals surface area contributed by atoms with Crippen molar-refractivity contribution in [2.45, 2.75) is 31.7 Å². The van der Waals surface area contributed by atoms with Gasteiger partial charge in [-0.3, -0.25) is 4.39 Å². The zero-order valence-corrected chi connectivity index (χ0v) is 8.95. The van der Waals surface area contributed by atoms with Crippen molar-refractivity contribution < 1.29 is 4.39 Å². The van der Waals surface area contributed by atoms with Crippen molar-refractivity contribution >= 4 is 11.3 Å². The Balaban J connectivity index is 1.72. The van der Waals surface area contributed by atoms with Gasteiger partial charge in [0, 0.05) is 23.5 Å². The first-order valence-corrected chi connectivity index (χ1v) is 5.93. The lowest BCUT2D eigenvalue weighted by molar-refractivity contribution is 0.459. The number of hydrogen-bond donors (Lipinski definition) is 1. The van der Waals surface area contributed by atoms with Gasteiger partial charge in [-0.25, -0.2) is 4.98 Å². The molecule has 14 heavy (non-hydrogen) atoms. The van der Waals surface area contributed by atoms with E-state index in [9.17, 15) is 4.39 Å². The van der Waals surface area contributed by atoms with Gasteiger partial charge in [-0.15, -0.1) is 11.3 Å². The number of thiazole rings is 1. The molecule has 1 heterocycles. The first-order valence-electron chi connectivity index (χ1n) is 5.11. The summed E-state index contributed by atoms with van der Waals surface area (Å²) in [6, 6.07) is 0. The van der Waals surface area contributed by atoms with Crippen LogP contribution in [-0.2, 0) is 6.54 Å². The maximum absolute atomic E-state index is 11.8. The number of nitrogens with one attached hydrogen (secondary N) is 1. The number of aromatic nitrogens is 1. The van der Waals surface area contributed by atoms with Gasteiger partial charge in [0.2, 0.25) is 0 Å². The van der Waals surface area contributed by atoms with Crippen molar-refractivity contribution in [1.29, 1.82) is 0 Å². The largest absolute Gasteiger partial charge is 0.312 e. The maximum Gasteiger partial charge on any atom is 0.0959 e. The summed E-state index contributed by atoms with van der Waals surface area (Å²) in [6.45, 7) is 1.36. The third kappa shape index (κ3) is 2.75. The molecule has 1 aromatic rings. The molecule has 1 aliphatic rings. The summed E-state index contributed by atoms with van der Waals surface area (Å²) in [5.41, 5.74) is 0. The summed E-state index contributed by atoms with van der Waals surface area (Å²) in [5, 5.41) is 4.49. The molecule has 0 aliphatic heterocycles. The summed E-state index contributed by atoms with van der Waals surface area (Å²) in [7, 11) is 0. The molecule has 78 valence electrons. The number of hydrogen-bond acceptors (Lipinski definition) is 3. The second-order valence-electron chi connectivity index (χ2n) is 3.66. The zero-order valence-electron chi connectivity index (χ0n) is 8.13. The van der Waals surface area contributed by atoms with Crippen LogP contribution in [0.5, 0.6) is 0 Å². The van der Waals surface area contributed by atoms with Crippen molar-refractivity contribution in [3.05, 3.63) is 16.1 Å². The highest BCUT2D eigenvalue weighted by Crippen LogP contribution is 2.41. The second kappa shape index (κ2) is 4.84. The van der Waals surface area contributed by atoms with Crippen LogP contribution in [0.15, 0.2) is 6.20 Å². The van der Waals surface area contributed by atoms with Crippen LogP contribution in [0.4, 0.5) is 4.39 Å². The Morgan fingerprint density at radius 1 is 1.57 bits per heavy atom. The summed E-state index contributed by atoms with van der Waals surface area (Å²) < 4.78 is 11.8. The lowest BCUT2D eigenvalue weighted by Gasteiger charge is -1.98. The van der Waals surface area contributed by atoms with E-state index in [2.05, 4.69) is 10.3 Å². The molecular weight excluding hydrogens is 199 g/mol. The molecule has 4 heteroatoms. The van der Waals surface area contributed by atoms with Crippen molar-refractivity contribution in [3.8, 4) is 0 Å². The molecule has 0 bridgehead atoms. The molecular formula is C10H15FN2S. The first kappa shape index (κ1) is 10.1. The highest BCUT2D eigenvalue weighted by atomic mass is 32.1. The van der Waals surface area contributed by atoms with E-state index in [0.717, 1.165) is 19.0 Å². The minimum absolute atomic E-state index is 0.233. The van der Waals surface area contributed by atoms with Gasteiger partial charge >= 0.3 is 0 Å². The quantitative estimate of drug-likeness (QED) is 0.736. The molecule has 1 aromatic heterocycles. The average molecular weight is 214 g/mol. The van der Waals surface area contributed by atoms with Gasteiger partial charge in [0.25, 0.3) is 0 Å². The lowest BCUT2D eigenvalue weighted by atomic mass is 10.4. The Morgan fingerprint density at radius 3 is 3.14 bits per heavy atom. The van der Waals surface area contributed by atoms with Crippen molar-refractivity contribution in [2.75, 3.05) is 13.2 Å². The standard InChI is InChI=1S/C10H15FN2S/c11-4-1-5-12-6-9-7-13-10(14-9)8-2-3-8/h7-8,12H,1-6H2. The van der Waals surface area contributed by atoms with Gasteiger partial charge in [0.1, 0.15) is 0 Å². The van der Waals surface area contributed by atoms with Crippen LogP contribution in [0.2, 0.25) is 0 Å². The van der Waals surface area contributed by atoms with Crippen molar-refractivity contribution in [3.63, 3.8) is 0 Å². The number of rotatable bonds is 6. The van der Waals surface area contributed by atoms with Crippen molar-refractivity contribution in [2.24, 2.45) is 0 Å². The Morgan fingerprint density at radius 2 is 2.43 bits per heavy atom. The molecule has 1 aliphatic carbocycles. The molecule has 2 rings (SSSR count). The molecule has 2 nitrogen and oxygen atoms in total. The topological polar surface area (TPSA) is 24.9 Å². The molecule has 0 saturated heterocycles. The van der Waals surface area contributed by atoms with Crippen LogP contribution >= 0.6 is 11.3 Å². The van der Waals surface area contributed by atoms with E-state index in [0.29, 0.717) is 6.42 Å². The Bertz CT molecular complexity index is 283. The molecule has 1 N–H and O–H groups in total. The Kier molecular flexibility index (Phi) is 3.48. The van der Waals surface area contributed by atoms with E-state index >= 15 is 0 Å². The maximum atomic E-state index is 11.8. The van der Waals surface area contributed by atoms with E-state index in [4.69, 9.17) is 0 Å². The fourth-order valence-electron chi connectivity index (χ4n) is 1.33. The minimum Gasteiger partial charge on any atom is -0.312 e. The summed E-state index contributed by atoms with van der Waals surface area (Å²) in [4.78, 5) is 5.65. The third-order valence-electron chi connectivity index (χ3n) is 2.28. The SMILES string of the molecule is FCCCNCc1cnc(C2CC2)s1. The fraction of sp³-hybridized carbons (Fsp3) is 0.700. The molecule has 0 amide bonds. The Labute approximate surface area is 87.6 Å². The van der Waals surface area contributed by atoms with Crippen LogP contribution in [0.25, 0.3) is 0 Å². The molecule has 1 fully saturated rings. The normalized spacial score (nSPS) is 16.1. The van der Waals surface area contributed by atoms with E-state index < -0.39 is 0 Å².